The number of aromatic nitrogens is 6. The van der Waals surface area contributed by atoms with E-state index in [9.17, 15) is 0 Å². The maximum Gasteiger partial charge on any atom is 0.179 e. The van der Waals surface area contributed by atoms with Gasteiger partial charge in [-0.05, 0) is 63.5 Å². The summed E-state index contributed by atoms with van der Waals surface area (Å²) in [4.78, 5) is 7.53. The fourth-order valence-corrected chi connectivity index (χ4v) is 5.88. The first-order chi connectivity index (χ1) is 18.2. The Bertz CT molecular complexity index is 1590. The molecule has 0 aliphatic carbocycles. The van der Waals surface area contributed by atoms with Gasteiger partial charge in [-0.15, -0.1) is 5.10 Å². The molecule has 1 atom stereocenters. The Hall–Kier alpha value is -3.82. The molecule has 2 heterocycles. The van der Waals surface area contributed by atoms with Gasteiger partial charge in [0.15, 0.2) is 5.82 Å². The van der Waals surface area contributed by atoms with Gasteiger partial charge < -0.3 is 10.3 Å². The molecule has 0 spiro atoms. The molecular formula is C28H21Br2N7. The van der Waals surface area contributed by atoms with Gasteiger partial charge in [0, 0.05) is 14.6 Å². The SMILES string of the molecule is Brc1cc(Br)cc(C(Nc2ccc3nc[nH]c3c2)c2nnnn2C(c2ccccc2)c2ccccc2)c1. The molecule has 2 aromatic heterocycles. The molecule has 6 aromatic rings. The van der Waals surface area contributed by atoms with E-state index in [1.54, 1.807) is 6.33 Å². The Labute approximate surface area is 230 Å². The van der Waals surface area contributed by atoms with Crippen molar-refractivity contribution in [2.24, 2.45) is 0 Å². The summed E-state index contributed by atoms with van der Waals surface area (Å²) in [5.74, 6) is 0.687. The lowest BCUT2D eigenvalue weighted by Gasteiger charge is -2.25. The standard InChI is InChI=1S/C28H21Br2N7/c29-21-13-20(14-22(30)15-21)26(33-23-11-12-24-25(16-23)32-17-31-24)28-34-35-36-37(28)27(18-7-3-1-4-8-18)19-9-5-2-6-10-19/h1-17,26-27,33H,(H,31,32). The first-order valence-corrected chi connectivity index (χ1v) is 13.3. The number of anilines is 1. The molecule has 0 aliphatic heterocycles. The van der Waals surface area contributed by atoms with Crippen LogP contribution in [0.3, 0.4) is 0 Å². The molecule has 37 heavy (non-hydrogen) atoms. The summed E-state index contributed by atoms with van der Waals surface area (Å²) < 4.78 is 3.81. The van der Waals surface area contributed by atoms with Crippen molar-refractivity contribution in [3.8, 4) is 0 Å². The van der Waals surface area contributed by atoms with Crippen molar-refractivity contribution in [3.05, 3.63) is 135 Å². The Morgan fingerprint density at radius 1 is 0.757 bits per heavy atom. The molecule has 0 radical (unpaired) electrons. The number of hydrogen-bond donors (Lipinski definition) is 2. The highest BCUT2D eigenvalue weighted by molar-refractivity contribution is 9.11. The third-order valence-electron chi connectivity index (χ3n) is 6.20. The highest BCUT2D eigenvalue weighted by Crippen LogP contribution is 2.34. The molecule has 0 saturated heterocycles. The number of nitrogens with one attached hydrogen (secondary N) is 2. The second-order valence-electron chi connectivity index (χ2n) is 8.62. The fourth-order valence-electron chi connectivity index (χ4n) is 4.55. The monoisotopic (exact) mass is 613 g/mol. The third-order valence-corrected chi connectivity index (χ3v) is 7.12. The number of nitrogens with zero attached hydrogens (tertiary/aromatic N) is 5. The van der Waals surface area contributed by atoms with Crippen LogP contribution in [0.5, 0.6) is 0 Å². The largest absolute Gasteiger partial charge is 0.371 e. The van der Waals surface area contributed by atoms with E-state index in [0.29, 0.717) is 5.82 Å². The highest BCUT2D eigenvalue weighted by Gasteiger charge is 2.28. The van der Waals surface area contributed by atoms with E-state index < -0.39 is 0 Å². The molecule has 4 aromatic carbocycles. The zero-order valence-corrected chi connectivity index (χ0v) is 22.6. The average molecular weight is 615 g/mol. The predicted molar refractivity (Wildman–Crippen MR) is 151 cm³/mol. The summed E-state index contributed by atoms with van der Waals surface area (Å²) in [6.07, 6.45) is 1.70. The van der Waals surface area contributed by atoms with E-state index >= 15 is 0 Å². The van der Waals surface area contributed by atoms with Crippen molar-refractivity contribution < 1.29 is 0 Å². The normalized spacial score (nSPS) is 12.2. The molecule has 0 aliphatic rings. The zero-order chi connectivity index (χ0) is 25.2. The molecule has 6 rings (SSSR count). The van der Waals surface area contributed by atoms with Crippen LogP contribution in [-0.2, 0) is 0 Å². The number of imidazole rings is 1. The number of benzene rings is 4. The summed E-state index contributed by atoms with van der Waals surface area (Å²) in [5.41, 5.74) is 5.96. The molecule has 0 fully saturated rings. The van der Waals surface area contributed by atoms with Gasteiger partial charge in [0.05, 0.1) is 17.4 Å². The predicted octanol–water partition coefficient (Wildman–Crippen LogP) is 6.91. The van der Waals surface area contributed by atoms with Gasteiger partial charge >= 0.3 is 0 Å². The minimum absolute atomic E-state index is 0.206. The molecule has 2 N–H and O–H groups in total. The van der Waals surface area contributed by atoms with E-state index in [1.807, 2.05) is 65.3 Å². The summed E-state index contributed by atoms with van der Waals surface area (Å²) in [6, 6.07) is 32.3. The molecule has 7 nitrogen and oxygen atoms in total. The number of rotatable bonds is 7. The van der Waals surface area contributed by atoms with Crippen LogP contribution < -0.4 is 5.32 Å². The lowest BCUT2D eigenvalue weighted by Crippen LogP contribution is -2.23. The van der Waals surface area contributed by atoms with Crippen LogP contribution >= 0.6 is 31.9 Å². The first kappa shape index (κ1) is 23.6. The maximum absolute atomic E-state index is 4.56. The van der Waals surface area contributed by atoms with Gasteiger partial charge in [-0.25, -0.2) is 9.67 Å². The highest BCUT2D eigenvalue weighted by atomic mass is 79.9. The summed E-state index contributed by atoms with van der Waals surface area (Å²) in [5, 5.41) is 16.9. The van der Waals surface area contributed by atoms with Gasteiger partial charge in [0.2, 0.25) is 0 Å². The van der Waals surface area contributed by atoms with Crippen LogP contribution in [0.15, 0.2) is 112 Å². The van der Waals surface area contributed by atoms with Gasteiger partial charge in [-0.2, -0.15) is 0 Å². The zero-order valence-electron chi connectivity index (χ0n) is 19.5. The molecule has 0 saturated carbocycles. The minimum atomic E-state index is -0.348. The summed E-state index contributed by atoms with van der Waals surface area (Å²) >= 11 is 7.30. The van der Waals surface area contributed by atoms with Crippen molar-refractivity contribution in [2.75, 3.05) is 5.32 Å². The van der Waals surface area contributed by atoms with E-state index in [0.717, 1.165) is 42.4 Å². The quantitative estimate of drug-likeness (QED) is 0.204. The fraction of sp³-hybridized carbons (Fsp3) is 0.0714. The van der Waals surface area contributed by atoms with E-state index in [2.05, 4.69) is 99.1 Å². The lowest BCUT2D eigenvalue weighted by molar-refractivity contribution is 0.539. The smallest absolute Gasteiger partial charge is 0.179 e. The van der Waals surface area contributed by atoms with Crippen LogP contribution in [0.1, 0.15) is 34.6 Å². The molecule has 1 unspecified atom stereocenters. The van der Waals surface area contributed by atoms with E-state index in [-0.39, 0.29) is 12.1 Å². The number of tetrazole rings is 1. The number of halogens is 2. The maximum atomic E-state index is 4.56. The topological polar surface area (TPSA) is 84.3 Å². The summed E-state index contributed by atoms with van der Waals surface area (Å²) in [6.45, 7) is 0. The van der Waals surface area contributed by atoms with Gasteiger partial charge in [-0.3, -0.25) is 0 Å². The van der Waals surface area contributed by atoms with Crippen molar-refractivity contribution in [1.29, 1.82) is 0 Å². The second-order valence-corrected chi connectivity index (χ2v) is 10.5. The summed E-state index contributed by atoms with van der Waals surface area (Å²) in [7, 11) is 0. The Balaban J connectivity index is 1.51. The van der Waals surface area contributed by atoms with Crippen molar-refractivity contribution in [1.82, 2.24) is 30.2 Å². The average Bonchev–Trinajstić information content (AvgIpc) is 3.58. The molecule has 182 valence electrons. The van der Waals surface area contributed by atoms with Crippen molar-refractivity contribution in [2.45, 2.75) is 12.1 Å². The van der Waals surface area contributed by atoms with E-state index in [4.69, 9.17) is 0 Å². The van der Waals surface area contributed by atoms with Crippen molar-refractivity contribution in [3.63, 3.8) is 0 Å². The van der Waals surface area contributed by atoms with Crippen LogP contribution in [-0.4, -0.2) is 30.2 Å². The molecule has 0 amide bonds. The first-order valence-electron chi connectivity index (χ1n) is 11.7. The number of aromatic amines is 1. The second kappa shape index (κ2) is 10.3. The molecule has 9 heteroatoms. The van der Waals surface area contributed by atoms with Crippen LogP contribution in [0.25, 0.3) is 11.0 Å². The van der Waals surface area contributed by atoms with Gasteiger partial charge in [0.1, 0.15) is 12.1 Å². The lowest BCUT2D eigenvalue weighted by atomic mass is 9.98. The van der Waals surface area contributed by atoms with Crippen LogP contribution in [0, 0.1) is 0 Å². The number of hydrogen-bond acceptors (Lipinski definition) is 5. The van der Waals surface area contributed by atoms with Crippen LogP contribution in [0.4, 0.5) is 5.69 Å². The number of H-pyrrole nitrogens is 1. The van der Waals surface area contributed by atoms with Crippen molar-refractivity contribution >= 4 is 48.6 Å². The van der Waals surface area contributed by atoms with Gasteiger partial charge in [-0.1, -0.05) is 92.5 Å². The molecule has 0 bridgehead atoms. The minimum Gasteiger partial charge on any atom is -0.371 e. The Kier molecular flexibility index (Phi) is 6.55. The van der Waals surface area contributed by atoms with Gasteiger partial charge in [0.25, 0.3) is 0 Å². The van der Waals surface area contributed by atoms with Crippen LogP contribution in [0.2, 0.25) is 0 Å². The third kappa shape index (κ3) is 4.92. The van der Waals surface area contributed by atoms with E-state index in [1.165, 1.54) is 0 Å². The Morgan fingerprint density at radius 2 is 1.43 bits per heavy atom. The Morgan fingerprint density at radius 3 is 2.11 bits per heavy atom. The molecular weight excluding hydrogens is 594 g/mol. The number of fused-ring (bicyclic) bond motifs is 1.